The molecule has 2 aromatic carbocycles. The van der Waals surface area contributed by atoms with Crippen molar-refractivity contribution in [2.45, 2.75) is 157 Å². The maximum atomic E-state index is 13.3. The lowest BCUT2D eigenvalue weighted by molar-refractivity contribution is -0.117. The molecule has 2 heterocycles. The minimum Gasteiger partial charge on any atom is -0.355 e. The molecule has 1 aliphatic carbocycles. The Kier molecular flexibility index (Phi) is 27.1. The topological polar surface area (TPSA) is 154 Å². The summed E-state index contributed by atoms with van der Waals surface area (Å²) in [6.07, 6.45) is 11.1. The number of amides is 2. The molecule has 3 aliphatic rings. The summed E-state index contributed by atoms with van der Waals surface area (Å²) in [6.45, 7) is 29.4. The number of likely N-dealkylation sites (tertiary alicyclic amines) is 2. The smallest absolute Gasteiger partial charge is 0.253 e. The molecule has 60 heavy (non-hydrogen) atoms. The van der Waals surface area contributed by atoms with Gasteiger partial charge in [0.2, 0.25) is 6.41 Å². The zero-order chi connectivity index (χ0) is 45.0. The van der Waals surface area contributed by atoms with Crippen LogP contribution in [0.4, 0.5) is 0 Å². The normalized spacial score (nSPS) is 19.0. The predicted octanol–water partition coefficient (Wildman–Crippen LogP) is 10.3. The van der Waals surface area contributed by atoms with Gasteiger partial charge in [-0.05, 0) is 99.5 Å². The number of aryl methyl sites for hydroxylation is 2. The highest BCUT2D eigenvalue weighted by Crippen LogP contribution is 2.47. The molecule has 5 unspecified atom stereocenters. The van der Waals surface area contributed by atoms with Crippen LogP contribution in [0.5, 0.6) is 0 Å². The van der Waals surface area contributed by atoms with Crippen LogP contribution in [0.3, 0.4) is 0 Å². The van der Waals surface area contributed by atoms with Crippen LogP contribution in [-0.4, -0.2) is 83.7 Å². The summed E-state index contributed by atoms with van der Waals surface area (Å²) >= 11 is 0. The predicted molar refractivity (Wildman–Crippen MR) is 250 cm³/mol. The van der Waals surface area contributed by atoms with Crippen molar-refractivity contribution in [3.63, 3.8) is 0 Å². The molecule has 2 aliphatic heterocycles. The zero-order valence-electron chi connectivity index (χ0n) is 39.1. The van der Waals surface area contributed by atoms with E-state index in [0.29, 0.717) is 36.4 Å². The van der Waals surface area contributed by atoms with Gasteiger partial charge in [-0.2, -0.15) is 5.26 Å². The summed E-state index contributed by atoms with van der Waals surface area (Å²) in [5.41, 5.74) is 4.80. The van der Waals surface area contributed by atoms with Crippen LogP contribution in [0.2, 0.25) is 0 Å². The molecule has 2 saturated heterocycles. The Hall–Kier alpha value is -4.56. The van der Waals surface area contributed by atoms with E-state index in [1.165, 1.54) is 31.2 Å². The van der Waals surface area contributed by atoms with Gasteiger partial charge in [0.25, 0.3) is 5.91 Å². The molecule has 334 valence electrons. The van der Waals surface area contributed by atoms with E-state index < -0.39 is 0 Å². The maximum Gasteiger partial charge on any atom is 0.253 e. The minimum atomic E-state index is -0.378. The van der Waals surface area contributed by atoms with Crippen LogP contribution in [-0.2, 0) is 17.6 Å². The van der Waals surface area contributed by atoms with E-state index in [1.807, 2.05) is 62.1 Å². The molecule has 3 fully saturated rings. The van der Waals surface area contributed by atoms with Crippen molar-refractivity contribution in [2.24, 2.45) is 28.0 Å². The van der Waals surface area contributed by atoms with E-state index in [9.17, 15) is 14.9 Å². The van der Waals surface area contributed by atoms with Crippen molar-refractivity contribution in [2.75, 3.05) is 32.7 Å². The fraction of sp³-hybridized carbons (Fsp3) is 0.633. The molecule has 11 heteroatoms. The van der Waals surface area contributed by atoms with E-state index in [4.69, 9.17) is 11.3 Å². The first-order chi connectivity index (χ1) is 29.0. The Balaban J connectivity index is 0.00000103. The number of nitrogens with two attached hydrogens (primary N) is 1. The Bertz CT molecular complexity index is 1590. The van der Waals surface area contributed by atoms with Crippen molar-refractivity contribution in [1.82, 2.24) is 20.0 Å². The van der Waals surface area contributed by atoms with Gasteiger partial charge >= 0.3 is 0 Å². The largest absolute Gasteiger partial charge is 0.355 e. The van der Waals surface area contributed by atoms with E-state index in [0.717, 1.165) is 81.5 Å². The van der Waals surface area contributed by atoms with Crippen LogP contribution in [0.25, 0.3) is 0 Å². The highest BCUT2D eigenvalue weighted by atomic mass is 16.2. The van der Waals surface area contributed by atoms with E-state index in [1.54, 1.807) is 4.90 Å². The summed E-state index contributed by atoms with van der Waals surface area (Å²) in [4.78, 5) is 29.2. The Labute approximate surface area is 364 Å². The molecule has 1 saturated carbocycles. The van der Waals surface area contributed by atoms with Crippen molar-refractivity contribution in [1.29, 1.82) is 10.7 Å². The lowest BCUT2D eigenvalue weighted by Crippen LogP contribution is -2.40. The molecule has 2 amide bonds. The second-order valence-corrected chi connectivity index (χ2v) is 16.0. The molecule has 2 aromatic rings. The average molecular weight is 828 g/mol. The van der Waals surface area contributed by atoms with Crippen molar-refractivity contribution in [3.8, 4) is 6.07 Å². The SMILES string of the molecule is C=C(CNC(C)CC(C(=N)N=NN)c1ccc(C(=O)N2CCCC2)cc1CCc1ccccc1)N(C(C)C#N)C1C(CC)[C@@H]1C.CC.CCC.CCC.O=CN1CCCC1. The number of hydrogen-bond acceptors (Lipinski definition) is 7. The third kappa shape index (κ3) is 17.6. The van der Waals surface area contributed by atoms with Crippen molar-refractivity contribution in [3.05, 3.63) is 83.1 Å². The van der Waals surface area contributed by atoms with E-state index in [-0.39, 0.29) is 29.7 Å². The van der Waals surface area contributed by atoms with Gasteiger partial charge in [-0.3, -0.25) is 15.0 Å². The van der Waals surface area contributed by atoms with Gasteiger partial charge in [-0.15, -0.1) is 5.11 Å². The number of nitrogens with one attached hydrogen (secondary N) is 2. The first-order valence-corrected chi connectivity index (χ1v) is 22.9. The monoisotopic (exact) mass is 828 g/mol. The van der Waals surface area contributed by atoms with Crippen LogP contribution in [0.15, 0.2) is 71.1 Å². The number of hydrogen-bond donors (Lipinski definition) is 3. The lowest BCUT2D eigenvalue weighted by Gasteiger charge is -2.31. The Morgan fingerprint density at radius 2 is 1.58 bits per heavy atom. The first kappa shape index (κ1) is 53.5. The molecule has 0 radical (unpaired) electrons. The van der Waals surface area contributed by atoms with Gasteiger partial charge in [0.1, 0.15) is 6.04 Å². The maximum absolute atomic E-state index is 13.3. The molecule has 0 bridgehead atoms. The number of benzene rings is 2. The highest BCUT2D eigenvalue weighted by Gasteiger charge is 2.50. The second kappa shape index (κ2) is 30.5. The Morgan fingerprint density at radius 3 is 2.08 bits per heavy atom. The minimum absolute atomic E-state index is 0.00852. The standard InChI is InChI=1S/C36H50N8O.C5H9NO.2C3H8.C2H6/c1-6-31-27(5)34(31)44(25(3)22-37)26(4)23-40-24(2)20-33(35(38)41-42-39)32-17-16-30(36(45)43-18-10-11-19-43)21-29(32)15-14-28-12-8-7-9-13-28;7-5-6-3-1-2-4-6;2*1-3-2;1-2/h7-9,12-13,16-17,21,24-25,27,31,33-34,40H,4,6,10-11,14-15,18-20,23H2,1-3,5H3,(H3,38,39,41);5H,1-4H2;2*3H2,1-2H3;1-2H3/t24?,25?,27-,31?,33?,34?;;;;/m0..../s1. The molecule has 0 spiro atoms. The molecule has 0 aromatic heterocycles. The number of carbonyl (C=O) groups excluding carboxylic acids is 2. The summed E-state index contributed by atoms with van der Waals surface area (Å²) in [5.74, 6) is 6.32. The van der Waals surface area contributed by atoms with Crippen LogP contribution in [0.1, 0.15) is 154 Å². The number of nitrogens with zero attached hydrogens (tertiary/aromatic N) is 6. The molecule has 11 nitrogen and oxygen atoms in total. The van der Waals surface area contributed by atoms with Gasteiger partial charge < -0.3 is 25.9 Å². The van der Waals surface area contributed by atoms with Gasteiger partial charge in [-0.25, -0.2) is 0 Å². The first-order valence-electron chi connectivity index (χ1n) is 22.9. The number of nitriles is 1. The fourth-order valence-electron chi connectivity index (χ4n) is 7.91. The van der Waals surface area contributed by atoms with E-state index in [2.05, 4.69) is 93.8 Å². The van der Waals surface area contributed by atoms with Crippen LogP contribution >= 0.6 is 0 Å². The molecular weight excluding hydrogens is 747 g/mol. The third-order valence-electron chi connectivity index (χ3n) is 11.0. The second-order valence-electron chi connectivity index (χ2n) is 16.0. The quantitative estimate of drug-likeness (QED) is 0.0382. The molecule has 5 rings (SSSR count). The highest BCUT2D eigenvalue weighted by molar-refractivity contribution is 5.95. The molecule has 4 N–H and O–H groups in total. The summed E-state index contributed by atoms with van der Waals surface area (Å²) < 4.78 is 0. The summed E-state index contributed by atoms with van der Waals surface area (Å²) in [5, 5.41) is 29.6. The number of carbonyl (C=O) groups is 2. The van der Waals surface area contributed by atoms with Crippen molar-refractivity contribution < 1.29 is 9.59 Å². The van der Waals surface area contributed by atoms with Gasteiger partial charge in [-0.1, -0.05) is 123 Å². The lowest BCUT2D eigenvalue weighted by atomic mass is 9.85. The fourth-order valence-corrected chi connectivity index (χ4v) is 7.91. The number of amidine groups is 1. The Morgan fingerprint density at radius 1 is 1.00 bits per heavy atom. The molecule has 6 atom stereocenters. The van der Waals surface area contributed by atoms with Crippen LogP contribution in [0, 0.1) is 28.6 Å². The van der Waals surface area contributed by atoms with Crippen LogP contribution < -0.4 is 11.2 Å². The summed E-state index contributed by atoms with van der Waals surface area (Å²) in [7, 11) is 0. The number of rotatable bonds is 16. The van der Waals surface area contributed by atoms with Crippen molar-refractivity contribution >= 4 is 18.2 Å². The van der Waals surface area contributed by atoms with Gasteiger partial charge in [0.15, 0.2) is 5.84 Å². The summed E-state index contributed by atoms with van der Waals surface area (Å²) in [6, 6.07) is 18.7. The third-order valence-corrected chi connectivity index (χ3v) is 11.0. The zero-order valence-corrected chi connectivity index (χ0v) is 39.1. The van der Waals surface area contributed by atoms with Gasteiger partial charge in [0, 0.05) is 62.0 Å². The van der Waals surface area contributed by atoms with Gasteiger partial charge in [0.05, 0.1) is 6.07 Å². The average Bonchev–Trinajstić information content (AvgIpc) is 3.69. The molecular formula is C49H81N9O2. The van der Waals surface area contributed by atoms with E-state index >= 15 is 0 Å².